The fourth-order valence-electron chi connectivity index (χ4n) is 2.12. The SMILES string of the molecule is CC(=O)N(Cc1noc(C(C)C)n1)C1CCNC1.Cl. The summed E-state index contributed by atoms with van der Waals surface area (Å²) >= 11 is 0. The van der Waals surface area contributed by atoms with Crippen LogP contribution in [0, 0.1) is 0 Å². The van der Waals surface area contributed by atoms with Crippen LogP contribution in [0.15, 0.2) is 4.52 Å². The molecular weight excluding hydrogens is 268 g/mol. The van der Waals surface area contributed by atoms with Crippen LogP contribution in [0.4, 0.5) is 0 Å². The van der Waals surface area contributed by atoms with E-state index >= 15 is 0 Å². The molecule has 0 bridgehead atoms. The smallest absolute Gasteiger partial charge is 0.229 e. The quantitative estimate of drug-likeness (QED) is 0.905. The van der Waals surface area contributed by atoms with Crippen molar-refractivity contribution in [1.82, 2.24) is 20.4 Å². The summed E-state index contributed by atoms with van der Waals surface area (Å²) in [5, 5.41) is 7.19. The molecule has 1 aromatic heterocycles. The number of aromatic nitrogens is 2. The zero-order chi connectivity index (χ0) is 13.1. The van der Waals surface area contributed by atoms with Crippen molar-refractivity contribution in [3.05, 3.63) is 11.7 Å². The molecule has 1 aliphatic heterocycles. The van der Waals surface area contributed by atoms with E-state index in [-0.39, 0.29) is 30.3 Å². The van der Waals surface area contributed by atoms with Crippen molar-refractivity contribution < 1.29 is 9.32 Å². The second-order valence-corrected chi connectivity index (χ2v) is 5.00. The number of rotatable bonds is 4. The molecule has 108 valence electrons. The highest BCUT2D eigenvalue weighted by atomic mass is 35.5. The molecule has 1 aliphatic rings. The van der Waals surface area contributed by atoms with Gasteiger partial charge in [-0.15, -0.1) is 12.4 Å². The Balaban J connectivity index is 0.00000180. The maximum absolute atomic E-state index is 11.7. The molecule has 0 radical (unpaired) electrons. The minimum Gasteiger partial charge on any atom is -0.339 e. The minimum atomic E-state index is 0. The first-order valence-electron chi connectivity index (χ1n) is 6.38. The molecule has 2 heterocycles. The molecule has 1 N–H and O–H groups in total. The molecule has 1 aromatic rings. The largest absolute Gasteiger partial charge is 0.339 e. The van der Waals surface area contributed by atoms with Gasteiger partial charge in [-0.3, -0.25) is 4.79 Å². The molecule has 0 aromatic carbocycles. The molecule has 19 heavy (non-hydrogen) atoms. The summed E-state index contributed by atoms with van der Waals surface area (Å²) in [6.07, 6.45) is 0.981. The molecule has 0 spiro atoms. The predicted octanol–water partition coefficient (Wildman–Crippen LogP) is 1.33. The lowest BCUT2D eigenvalue weighted by atomic mass is 10.2. The van der Waals surface area contributed by atoms with E-state index in [4.69, 9.17) is 4.52 Å². The third-order valence-electron chi connectivity index (χ3n) is 3.17. The van der Waals surface area contributed by atoms with Crippen LogP contribution in [0.2, 0.25) is 0 Å². The number of carbonyl (C=O) groups is 1. The third-order valence-corrected chi connectivity index (χ3v) is 3.17. The van der Waals surface area contributed by atoms with Gasteiger partial charge < -0.3 is 14.7 Å². The predicted molar refractivity (Wildman–Crippen MR) is 73.1 cm³/mol. The first-order valence-corrected chi connectivity index (χ1v) is 6.38. The Labute approximate surface area is 119 Å². The highest BCUT2D eigenvalue weighted by Crippen LogP contribution is 2.15. The van der Waals surface area contributed by atoms with Gasteiger partial charge in [-0.25, -0.2) is 0 Å². The molecule has 0 aliphatic carbocycles. The fraction of sp³-hybridized carbons (Fsp3) is 0.750. The number of hydrogen-bond donors (Lipinski definition) is 1. The van der Waals surface area contributed by atoms with E-state index in [2.05, 4.69) is 15.5 Å². The summed E-state index contributed by atoms with van der Waals surface area (Å²) in [6.45, 7) is 7.81. The lowest BCUT2D eigenvalue weighted by Gasteiger charge is -2.25. The number of hydrogen-bond acceptors (Lipinski definition) is 5. The lowest BCUT2D eigenvalue weighted by Crippen LogP contribution is -2.39. The minimum absolute atomic E-state index is 0. The Bertz CT molecular complexity index is 416. The van der Waals surface area contributed by atoms with Gasteiger partial charge in [0.25, 0.3) is 0 Å². The molecule has 2 rings (SSSR count). The van der Waals surface area contributed by atoms with E-state index in [1.165, 1.54) is 0 Å². The van der Waals surface area contributed by atoms with E-state index in [0.717, 1.165) is 19.5 Å². The van der Waals surface area contributed by atoms with Crippen molar-refractivity contribution in [3.8, 4) is 0 Å². The summed E-state index contributed by atoms with van der Waals surface area (Å²) in [4.78, 5) is 17.8. The Morgan fingerprint density at radius 3 is 2.79 bits per heavy atom. The van der Waals surface area contributed by atoms with Crippen molar-refractivity contribution in [3.63, 3.8) is 0 Å². The first kappa shape index (κ1) is 15.9. The standard InChI is InChI=1S/C12H20N4O2.ClH/c1-8(2)12-14-11(15-18-12)7-16(9(3)17)10-4-5-13-6-10;/h8,10,13H,4-7H2,1-3H3;1H. The summed E-state index contributed by atoms with van der Waals surface area (Å²) in [6, 6.07) is 0.239. The monoisotopic (exact) mass is 288 g/mol. The molecule has 1 atom stereocenters. The molecule has 0 saturated carbocycles. The summed E-state index contributed by atoms with van der Waals surface area (Å²) in [5.74, 6) is 1.48. The van der Waals surface area contributed by atoms with Crippen molar-refractivity contribution >= 4 is 18.3 Å². The van der Waals surface area contributed by atoms with Gasteiger partial charge in [-0.1, -0.05) is 19.0 Å². The van der Waals surface area contributed by atoms with Crippen LogP contribution in [0.3, 0.4) is 0 Å². The molecule has 1 saturated heterocycles. The van der Waals surface area contributed by atoms with Crippen LogP contribution in [0.25, 0.3) is 0 Å². The Morgan fingerprint density at radius 1 is 1.58 bits per heavy atom. The van der Waals surface area contributed by atoms with Gasteiger partial charge in [0.05, 0.1) is 6.54 Å². The highest BCUT2D eigenvalue weighted by molar-refractivity contribution is 5.85. The van der Waals surface area contributed by atoms with Crippen molar-refractivity contribution in [2.45, 2.75) is 45.7 Å². The van der Waals surface area contributed by atoms with Gasteiger partial charge in [0, 0.05) is 25.4 Å². The molecular formula is C12H21ClN4O2. The average molecular weight is 289 g/mol. The highest BCUT2D eigenvalue weighted by Gasteiger charge is 2.26. The maximum Gasteiger partial charge on any atom is 0.229 e. The molecule has 1 unspecified atom stereocenters. The van der Waals surface area contributed by atoms with Gasteiger partial charge in [-0.2, -0.15) is 4.98 Å². The summed E-state index contributed by atoms with van der Waals surface area (Å²) in [5.41, 5.74) is 0. The van der Waals surface area contributed by atoms with Gasteiger partial charge in [0.1, 0.15) is 0 Å². The number of halogens is 1. The average Bonchev–Trinajstić information content (AvgIpc) is 2.96. The van der Waals surface area contributed by atoms with Crippen molar-refractivity contribution in [1.29, 1.82) is 0 Å². The first-order chi connectivity index (χ1) is 8.58. The topological polar surface area (TPSA) is 71.3 Å². The van der Waals surface area contributed by atoms with Gasteiger partial charge >= 0.3 is 0 Å². The summed E-state index contributed by atoms with van der Waals surface area (Å²) < 4.78 is 5.15. The van der Waals surface area contributed by atoms with Crippen LogP contribution < -0.4 is 5.32 Å². The number of nitrogens with zero attached hydrogens (tertiary/aromatic N) is 3. The van der Waals surface area contributed by atoms with Crippen molar-refractivity contribution in [2.24, 2.45) is 0 Å². The van der Waals surface area contributed by atoms with E-state index in [0.29, 0.717) is 18.3 Å². The number of amides is 1. The Hall–Kier alpha value is -1.14. The zero-order valence-corrected chi connectivity index (χ0v) is 12.4. The number of carbonyl (C=O) groups excluding carboxylic acids is 1. The van der Waals surface area contributed by atoms with Gasteiger partial charge in [0.2, 0.25) is 11.8 Å². The summed E-state index contributed by atoms with van der Waals surface area (Å²) in [7, 11) is 0. The molecule has 1 fully saturated rings. The van der Waals surface area contributed by atoms with E-state index < -0.39 is 0 Å². The second kappa shape index (κ2) is 6.86. The molecule has 6 nitrogen and oxygen atoms in total. The normalized spacial score (nSPS) is 18.4. The number of nitrogens with one attached hydrogen (secondary N) is 1. The van der Waals surface area contributed by atoms with Gasteiger partial charge in [-0.05, 0) is 13.0 Å². The molecule has 1 amide bonds. The Kier molecular flexibility index (Phi) is 5.75. The lowest BCUT2D eigenvalue weighted by molar-refractivity contribution is -0.131. The van der Waals surface area contributed by atoms with Crippen LogP contribution in [-0.4, -0.2) is 40.1 Å². The van der Waals surface area contributed by atoms with Crippen LogP contribution in [0.5, 0.6) is 0 Å². The van der Waals surface area contributed by atoms with E-state index in [1.54, 1.807) is 6.92 Å². The van der Waals surface area contributed by atoms with E-state index in [9.17, 15) is 4.79 Å². The van der Waals surface area contributed by atoms with Crippen LogP contribution in [0.1, 0.15) is 44.8 Å². The zero-order valence-electron chi connectivity index (χ0n) is 11.5. The molecule has 7 heteroatoms. The van der Waals surface area contributed by atoms with Crippen molar-refractivity contribution in [2.75, 3.05) is 13.1 Å². The van der Waals surface area contributed by atoms with Gasteiger partial charge in [0.15, 0.2) is 5.82 Å². The van der Waals surface area contributed by atoms with Crippen LogP contribution in [-0.2, 0) is 11.3 Å². The van der Waals surface area contributed by atoms with Crippen LogP contribution >= 0.6 is 12.4 Å². The maximum atomic E-state index is 11.7. The second-order valence-electron chi connectivity index (χ2n) is 5.00. The van der Waals surface area contributed by atoms with E-state index in [1.807, 2.05) is 18.7 Å². The third kappa shape index (κ3) is 3.91. The fourth-order valence-corrected chi connectivity index (χ4v) is 2.12. The Morgan fingerprint density at radius 2 is 2.32 bits per heavy atom.